The molecular weight excluding hydrogens is 282 g/mol. The Kier molecular flexibility index (Phi) is 6.69. The fourth-order valence-electron chi connectivity index (χ4n) is 2.58. The molecule has 0 aliphatic carbocycles. The smallest absolute Gasteiger partial charge is 0.119 e. The second kappa shape index (κ2) is 9.00. The van der Waals surface area contributed by atoms with Crippen LogP contribution in [0.1, 0.15) is 56.1 Å². The van der Waals surface area contributed by atoms with E-state index < -0.39 is 0 Å². The number of hydrogen-bond donors (Lipinski definition) is 0. The van der Waals surface area contributed by atoms with Crippen LogP contribution in [-0.2, 0) is 0 Å². The molecule has 0 N–H and O–H groups in total. The van der Waals surface area contributed by atoms with Gasteiger partial charge in [0, 0.05) is 0 Å². The van der Waals surface area contributed by atoms with Crippen LogP contribution in [0.3, 0.4) is 0 Å². The van der Waals surface area contributed by atoms with Gasteiger partial charge in [-0.1, -0.05) is 56.3 Å². The molecule has 0 bridgehead atoms. The van der Waals surface area contributed by atoms with Gasteiger partial charge < -0.3 is 4.74 Å². The number of nitrogens with zero attached hydrogens (tertiary/aromatic N) is 1. The number of hydrogen-bond acceptors (Lipinski definition) is 2. The van der Waals surface area contributed by atoms with Crippen LogP contribution in [0.5, 0.6) is 5.75 Å². The average molecular weight is 307 g/mol. The summed E-state index contributed by atoms with van der Waals surface area (Å²) in [5.74, 6) is 1.42. The Morgan fingerprint density at radius 2 is 1.57 bits per heavy atom. The summed E-state index contributed by atoms with van der Waals surface area (Å²) in [7, 11) is 0. The first kappa shape index (κ1) is 17.1. The number of rotatable bonds is 8. The van der Waals surface area contributed by atoms with E-state index in [-0.39, 0.29) is 5.92 Å². The molecule has 2 aromatic carbocycles. The molecule has 1 atom stereocenters. The third kappa shape index (κ3) is 5.45. The molecule has 120 valence electrons. The summed E-state index contributed by atoms with van der Waals surface area (Å²) >= 11 is 0. The summed E-state index contributed by atoms with van der Waals surface area (Å²) in [5.41, 5.74) is 2.45. The maximum atomic E-state index is 9.41. The molecule has 0 heterocycles. The Bertz CT molecular complexity index is 611. The van der Waals surface area contributed by atoms with E-state index in [0.717, 1.165) is 30.6 Å². The van der Waals surface area contributed by atoms with Crippen molar-refractivity contribution < 1.29 is 4.74 Å². The molecule has 2 heteroatoms. The normalized spacial score (nSPS) is 11.9. The Labute approximate surface area is 139 Å². The Balaban J connectivity index is 1.75. The van der Waals surface area contributed by atoms with Gasteiger partial charge in [0.1, 0.15) is 5.75 Å². The Hall–Kier alpha value is -2.27. The van der Waals surface area contributed by atoms with Crippen LogP contribution >= 0.6 is 0 Å². The summed E-state index contributed by atoms with van der Waals surface area (Å²) in [6.45, 7) is 5.07. The molecule has 0 fully saturated rings. The van der Waals surface area contributed by atoms with Crippen molar-refractivity contribution in [3.8, 4) is 11.8 Å². The van der Waals surface area contributed by atoms with Gasteiger partial charge in [-0.3, -0.25) is 0 Å². The van der Waals surface area contributed by atoms with Gasteiger partial charge in [0.2, 0.25) is 0 Å². The van der Waals surface area contributed by atoms with Crippen molar-refractivity contribution in [2.45, 2.75) is 44.9 Å². The highest BCUT2D eigenvalue weighted by molar-refractivity contribution is 5.30. The standard InChI is InChI=1S/C21H25NO/c1-17(2)18-11-13-19(14-12-18)20(16-22)8-6-7-15-23-21-9-4-3-5-10-21/h3-5,9-14,17,20H,6-8,15H2,1-2H3. The van der Waals surface area contributed by atoms with Gasteiger partial charge >= 0.3 is 0 Å². The summed E-state index contributed by atoms with van der Waals surface area (Å²) in [5, 5.41) is 9.41. The number of nitriles is 1. The topological polar surface area (TPSA) is 33.0 Å². The summed E-state index contributed by atoms with van der Waals surface area (Å²) in [4.78, 5) is 0. The summed E-state index contributed by atoms with van der Waals surface area (Å²) in [6.07, 6.45) is 2.85. The van der Waals surface area contributed by atoms with Crippen LogP contribution in [-0.4, -0.2) is 6.61 Å². The molecule has 0 radical (unpaired) electrons. The Morgan fingerprint density at radius 3 is 2.17 bits per heavy atom. The molecule has 0 aliphatic rings. The first-order valence-electron chi connectivity index (χ1n) is 8.38. The van der Waals surface area contributed by atoms with Gasteiger partial charge in [0.05, 0.1) is 18.6 Å². The minimum absolute atomic E-state index is 0.0204. The van der Waals surface area contributed by atoms with Gasteiger partial charge in [0.25, 0.3) is 0 Å². The van der Waals surface area contributed by atoms with Crippen molar-refractivity contribution in [2.75, 3.05) is 6.61 Å². The van der Waals surface area contributed by atoms with Crippen molar-refractivity contribution in [1.82, 2.24) is 0 Å². The van der Waals surface area contributed by atoms with E-state index in [1.807, 2.05) is 30.3 Å². The largest absolute Gasteiger partial charge is 0.494 e. The molecule has 0 saturated heterocycles. The minimum atomic E-state index is -0.0204. The van der Waals surface area contributed by atoms with Crippen LogP contribution in [0.25, 0.3) is 0 Å². The maximum Gasteiger partial charge on any atom is 0.119 e. The summed E-state index contributed by atoms with van der Waals surface area (Å²) < 4.78 is 5.69. The first-order valence-corrected chi connectivity index (χ1v) is 8.38. The van der Waals surface area contributed by atoms with E-state index in [4.69, 9.17) is 4.74 Å². The molecular formula is C21H25NO. The lowest BCUT2D eigenvalue weighted by Gasteiger charge is -2.12. The number of unbranched alkanes of at least 4 members (excludes halogenated alkanes) is 1. The predicted molar refractivity (Wildman–Crippen MR) is 94.7 cm³/mol. The van der Waals surface area contributed by atoms with Crippen LogP contribution in [0.15, 0.2) is 54.6 Å². The van der Waals surface area contributed by atoms with Gasteiger partial charge in [-0.15, -0.1) is 0 Å². The van der Waals surface area contributed by atoms with Crippen LogP contribution in [0, 0.1) is 11.3 Å². The van der Waals surface area contributed by atoms with Gasteiger partial charge in [0.15, 0.2) is 0 Å². The monoisotopic (exact) mass is 307 g/mol. The third-order valence-electron chi connectivity index (χ3n) is 4.06. The fraction of sp³-hybridized carbons (Fsp3) is 0.381. The molecule has 0 aliphatic heterocycles. The minimum Gasteiger partial charge on any atom is -0.494 e. The quantitative estimate of drug-likeness (QED) is 0.589. The number of ether oxygens (including phenoxy) is 1. The molecule has 2 rings (SSSR count). The molecule has 1 unspecified atom stereocenters. The van der Waals surface area contributed by atoms with Crippen molar-refractivity contribution in [3.05, 3.63) is 65.7 Å². The van der Waals surface area contributed by atoms with E-state index >= 15 is 0 Å². The van der Waals surface area contributed by atoms with Gasteiger partial charge in [-0.2, -0.15) is 5.26 Å². The van der Waals surface area contributed by atoms with E-state index in [1.165, 1.54) is 5.56 Å². The molecule has 0 saturated carbocycles. The van der Waals surface area contributed by atoms with E-state index in [2.05, 4.69) is 44.2 Å². The fourth-order valence-corrected chi connectivity index (χ4v) is 2.58. The van der Waals surface area contributed by atoms with Crippen molar-refractivity contribution in [2.24, 2.45) is 0 Å². The van der Waals surface area contributed by atoms with Crippen LogP contribution < -0.4 is 4.74 Å². The SMILES string of the molecule is CC(C)c1ccc(C(C#N)CCCCOc2ccccc2)cc1. The maximum absolute atomic E-state index is 9.41. The lowest BCUT2D eigenvalue weighted by atomic mass is 9.92. The van der Waals surface area contributed by atoms with Crippen molar-refractivity contribution in [3.63, 3.8) is 0 Å². The van der Waals surface area contributed by atoms with Crippen LogP contribution in [0.2, 0.25) is 0 Å². The van der Waals surface area contributed by atoms with E-state index in [0.29, 0.717) is 12.5 Å². The zero-order valence-corrected chi connectivity index (χ0v) is 14.0. The summed E-state index contributed by atoms with van der Waals surface area (Å²) in [6, 6.07) is 20.8. The molecule has 23 heavy (non-hydrogen) atoms. The number of benzene rings is 2. The molecule has 0 amide bonds. The van der Waals surface area contributed by atoms with E-state index in [1.54, 1.807) is 0 Å². The first-order chi connectivity index (χ1) is 11.2. The van der Waals surface area contributed by atoms with Crippen LogP contribution in [0.4, 0.5) is 0 Å². The lowest BCUT2D eigenvalue weighted by Crippen LogP contribution is -2.00. The highest BCUT2D eigenvalue weighted by Crippen LogP contribution is 2.24. The van der Waals surface area contributed by atoms with Crippen molar-refractivity contribution >= 4 is 0 Å². The number of para-hydroxylation sites is 1. The lowest BCUT2D eigenvalue weighted by molar-refractivity contribution is 0.304. The zero-order valence-electron chi connectivity index (χ0n) is 14.0. The molecule has 2 aromatic rings. The average Bonchev–Trinajstić information content (AvgIpc) is 2.59. The van der Waals surface area contributed by atoms with Gasteiger partial charge in [-0.25, -0.2) is 0 Å². The molecule has 0 spiro atoms. The molecule has 0 aromatic heterocycles. The second-order valence-corrected chi connectivity index (χ2v) is 6.16. The van der Waals surface area contributed by atoms with Gasteiger partial charge in [-0.05, 0) is 48.4 Å². The van der Waals surface area contributed by atoms with Crippen molar-refractivity contribution in [1.29, 1.82) is 5.26 Å². The second-order valence-electron chi connectivity index (χ2n) is 6.16. The zero-order chi connectivity index (χ0) is 16.5. The molecule has 2 nitrogen and oxygen atoms in total. The third-order valence-corrected chi connectivity index (χ3v) is 4.06. The van der Waals surface area contributed by atoms with E-state index in [9.17, 15) is 5.26 Å². The Morgan fingerprint density at radius 1 is 0.913 bits per heavy atom. The predicted octanol–water partition coefficient (Wildman–Crippen LogP) is 5.67. The highest BCUT2D eigenvalue weighted by Gasteiger charge is 2.10. The highest BCUT2D eigenvalue weighted by atomic mass is 16.5.